The van der Waals surface area contributed by atoms with E-state index >= 15 is 0 Å². The molecule has 0 aliphatic heterocycles. The molecule has 0 aliphatic carbocycles. The average Bonchev–Trinajstić information content (AvgIpc) is 2.36. The predicted molar refractivity (Wildman–Crippen MR) is 87.6 cm³/mol. The van der Waals surface area contributed by atoms with Gasteiger partial charge in [-0.15, -0.1) is 11.8 Å². The van der Waals surface area contributed by atoms with E-state index in [4.69, 9.17) is 5.73 Å². The summed E-state index contributed by atoms with van der Waals surface area (Å²) < 4.78 is 0. The molecular formula is C16H26N2OS. The van der Waals surface area contributed by atoms with Crippen molar-refractivity contribution < 1.29 is 4.79 Å². The molecule has 3 N–H and O–H groups in total. The number of benzene rings is 1. The third-order valence-electron chi connectivity index (χ3n) is 2.85. The SMILES string of the molecule is CC(C)C(SCc1ccccc1)C(=O)NCC(C)(C)N. The fourth-order valence-electron chi connectivity index (χ4n) is 1.75. The monoisotopic (exact) mass is 294 g/mol. The van der Waals surface area contributed by atoms with E-state index in [1.807, 2.05) is 32.0 Å². The average molecular weight is 294 g/mol. The highest BCUT2D eigenvalue weighted by atomic mass is 32.2. The van der Waals surface area contributed by atoms with E-state index in [-0.39, 0.29) is 16.7 Å². The second-order valence-electron chi connectivity index (χ2n) is 6.17. The van der Waals surface area contributed by atoms with Crippen molar-refractivity contribution in [2.24, 2.45) is 11.7 Å². The van der Waals surface area contributed by atoms with Crippen molar-refractivity contribution in [1.29, 1.82) is 0 Å². The molecule has 1 amide bonds. The van der Waals surface area contributed by atoms with Crippen LogP contribution in [0.1, 0.15) is 33.3 Å². The minimum Gasteiger partial charge on any atom is -0.353 e. The highest BCUT2D eigenvalue weighted by Crippen LogP contribution is 2.24. The van der Waals surface area contributed by atoms with Crippen molar-refractivity contribution in [1.82, 2.24) is 5.32 Å². The molecule has 0 spiro atoms. The third kappa shape index (κ3) is 6.44. The Hall–Kier alpha value is -1.00. The minimum atomic E-state index is -0.374. The zero-order valence-corrected chi connectivity index (χ0v) is 13.7. The number of carbonyl (C=O) groups excluding carboxylic acids is 1. The van der Waals surface area contributed by atoms with Crippen LogP contribution in [0.5, 0.6) is 0 Å². The van der Waals surface area contributed by atoms with E-state index in [2.05, 4.69) is 31.3 Å². The van der Waals surface area contributed by atoms with Gasteiger partial charge in [0.25, 0.3) is 0 Å². The normalized spacial score (nSPS) is 13.3. The van der Waals surface area contributed by atoms with Crippen LogP contribution in [-0.4, -0.2) is 23.2 Å². The molecule has 0 bridgehead atoms. The molecule has 1 unspecified atom stereocenters. The molecule has 0 heterocycles. The second kappa shape index (κ2) is 7.70. The van der Waals surface area contributed by atoms with Crippen molar-refractivity contribution in [3.8, 4) is 0 Å². The topological polar surface area (TPSA) is 55.1 Å². The molecule has 20 heavy (non-hydrogen) atoms. The van der Waals surface area contributed by atoms with Crippen LogP contribution in [-0.2, 0) is 10.5 Å². The Labute approximate surface area is 126 Å². The number of carbonyl (C=O) groups is 1. The van der Waals surface area contributed by atoms with Crippen molar-refractivity contribution in [2.45, 2.75) is 44.2 Å². The van der Waals surface area contributed by atoms with Crippen LogP contribution in [0.25, 0.3) is 0 Å². The molecule has 3 nitrogen and oxygen atoms in total. The molecule has 1 rings (SSSR count). The van der Waals surface area contributed by atoms with Gasteiger partial charge in [-0.1, -0.05) is 44.2 Å². The van der Waals surface area contributed by atoms with Crippen molar-refractivity contribution in [3.05, 3.63) is 35.9 Å². The number of thioether (sulfide) groups is 1. The van der Waals surface area contributed by atoms with Crippen molar-refractivity contribution >= 4 is 17.7 Å². The molecule has 1 atom stereocenters. The van der Waals surface area contributed by atoms with Gasteiger partial charge in [-0.3, -0.25) is 4.79 Å². The fourth-order valence-corrected chi connectivity index (χ4v) is 2.93. The number of nitrogens with two attached hydrogens (primary N) is 1. The number of hydrogen-bond donors (Lipinski definition) is 2. The van der Waals surface area contributed by atoms with Gasteiger partial charge >= 0.3 is 0 Å². The van der Waals surface area contributed by atoms with Gasteiger partial charge in [0.05, 0.1) is 5.25 Å². The van der Waals surface area contributed by atoms with Gasteiger partial charge in [-0.2, -0.15) is 0 Å². The quantitative estimate of drug-likeness (QED) is 0.813. The van der Waals surface area contributed by atoms with E-state index in [0.29, 0.717) is 12.5 Å². The molecule has 0 saturated carbocycles. The summed E-state index contributed by atoms with van der Waals surface area (Å²) in [6.45, 7) is 8.48. The van der Waals surface area contributed by atoms with Gasteiger partial charge in [0.15, 0.2) is 0 Å². The molecule has 0 radical (unpaired) electrons. The predicted octanol–water partition coefficient (Wildman–Crippen LogP) is 2.80. The van der Waals surface area contributed by atoms with Gasteiger partial charge in [0, 0.05) is 17.8 Å². The fraction of sp³-hybridized carbons (Fsp3) is 0.562. The van der Waals surface area contributed by atoms with E-state index in [9.17, 15) is 4.79 Å². The van der Waals surface area contributed by atoms with E-state index in [1.54, 1.807) is 11.8 Å². The Bertz CT molecular complexity index is 412. The molecule has 1 aromatic rings. The Balaban J connectivity index is 2.54. The molecule has 0 fully saturated rings. The number of hydrogen-bond acceptors (Lipinski definition) is 3. The summed E-state index contributed by atoms with van der Waals surface area (Å²) in [5.41, 5.74) is 6.78. The van der Waals surface area contributed by atoms with Crippen LogP contribution in [0.3, 0.4) is 0 Å². The summed E-state index contributed by atoms with van der Waals surface area (Å²) in [7, 11) is 0. The van der Waals surface area contributed by atoms with Crippen LogP contribution in [0.2, 0.25) is 0 Å². The van der Waals surface area contributed by atoms with Crippen LogP contribution in [0, 0.1) is 5.92 Å². The molecule has 0 aromatic heterocycles. The van der Waals surface area contributed by atoms with Crippen LogP contribution in [0.15, 0.2) is 30.3 Å². The van der Waals surface area contributed by atoms with Crippen molar-refractivity contribution in [3.63, 3.8) is 0 Å². The first-order valence-electron chi connectivity index (χ1n) is 7.02. The summed E-state index contributed by atoms with van der Waals surface area (Å²) in [6.07, 6.45) is 0. The molecule has 1 aromatic carbocycles. The maximum Gasteiger partial charge on any atom is 0.233 e. The van der Waals surface area contributed by atoms with Crippen LogP contribution < -0.4 is 11.1 Å². The minimum absolute atomic E-state index is 0.0439. The highest BCUT2D eigenvalue weighted by Gasteiger charge is 2.24. The summed E-state index contributed by atoms with van der Waals surface area (Å²) in [5, 5.41) is 2.91. The lowest BCUT2D eigenvalue weighted by Gasteiger charge is -2.24. The summed E-state index contributed by atoms with van der Waals surface area (Å²) in [6, 6.07) is 10.2. The Morgan fingerprint density at radius 3 is 2.40 bits per heavy atom. The number of amides is 1. The van der Waals surface area contributed by atoms with Crippen LogP contribution >= 0.6 is 11.8 Å². The smallest absolute Gasteiger partial charge is 0.233 e. The molecule has 112 valence electrons. The lowest BCUT2D eigenvalue weighted by molar-refractivity contribution is -0.121. The second-order valence-corrected chi connectivity index (χ2v) is 7.30. The first-order valence-corrected chi connectivity index (χ1v) is 8.06. The Kier molecular flexibility index (Phi) is 6.56. The lowest BCUT2D eigenvalue weighted by Crippen LogP contribution is -2.48. The number of rotatable bonds is 7. The van der Waals surface area contributed by atoms with E-state index < -0.39 is 0 Å². The maximum atomic E-state index is 12.3. The standard InChI is InChI=1S/C16H26N2OS/c1-12(2)14(15(19)18-11-16(3,4)17)20-10-13-8-6-5-7-9-13/h5-9,12,14H,10-11,17H2,1-4H3,(H,18,19). The summed E-state index contributed by atoms with van der Waals surface area (Å²) in [4.78, 5) is 12.3. The summed E-state index contributed by atoms with van der Waals surface area (Å²) >= 11 is 1.69. The molecule has 0 aliphatic rings. The Morgan fingerprint density at radius 2 is 1.90 bits per heavy atom. The highest BCUT2D eigenvalue weighted by molar-refractivity contribution is 7.99. The van der Waals surface area contributed by atoms with Gasteiger partial charge in [0.2, 0.25) is 5.91 Å². The van der Waals surface area contributed by atoms with Crippen molar-refractivity contribution in [2.75, 3.05) is 6.54 Å². The first-order chi connectivity index (χ1) is 9.29. The Morgan fingerprint density at radius 1 is 1.30 bits per heavy atom. The van der Waals surface area contributed by atoms with Gasteiger partial charge in [-0.05, 0) is 25.3 Å². The van der Waals surface area contributed by atoms with E-state index in [1.165, 1.54) is 5.56 Å². The molecule has 4 heteroatoms. The van der Waals surface area contributed by atoms with Gasteiger partial charge in [0.1, 0.15) is 0 Å². The van der Waals surface area contributed by atoms with Gasteiger partial charge in [-0.25, -0.2) is 0 Å². The largest absolute Gasteiger partial charge is 0.353 e. The molecule has 0 saturated heterocycles. The zero-order chi connectivity index (χ0) is 15.2. The van der Waals surface area contributed by atoms with Crippen LogP contribution in [0.4, 0.5) is 0 Å². The summed E-state index contributed by atoms with van der Waals surface area (Å²) in [5.74, 6) is 1.23. The molecular weight excluding hydrogens is 268 g/mol. The first kappa shape index (κ1) is 17.1. The van der Waals surface area contributed by atoms with Gasteiger partial charge < -0.3 is 11.1 Å². The lowest BCUT2D eigenvalue weighted by atomic mass is 10.1. The van der Waals surface area contributed by atoms with E-state index in [0.717, 1.165) is 5.75 Å². The zero-order valence-electron chi connectivity index (χ0n) is 12.8. The third-order valence-corrected chi connectivity index (χ3v) is 4.47. The number of nitrogens with one attached hydrogen (secondary N) is 1. The maximum absolute atomic E-state index is 12.3.